The molecule has 3 heterocycles. The molecule has 4 N–H and O–H groups in total. The first-order valence-corrected chi connectivity index (χ1v) is 9.78. The number of fused-ring (bicyclic) bond motifs is 1. The number of benzene rings is 1. The van der Waals surface area contributed by atoms with Crippen molar-refractivity contribution >= 4 is 22.9 Å². The van der Waals surface area contributed by atoms with Gasteiger partial charge in [-0.25, -0.2) is 15.0 Å². The summed E-state index contributed by atoms with van der Waals surface area (Å²) in [5.74, 6) is 0.623. The van der Waals surface area contributed by atoms with Gasteiger partial charge in [-0.3, -0.25) is 9.36 Å². The van der Waals surface area contributed by atoms with E-state index >= 15 is 0 Å². The number of aliphatic hydroxyl groups excluding tert-OH is 2. The molecule has 0 radical (unpaired) electrons. The number of ether oxygens (including phenoxy) is 1. The van der Waals surface area contributed by atoms with Gasteiger partial charge in [-0.1, -0.05) is 30.3 Å². The third-order valence-corrected chi connectivity index (χ3v) is 5.03. The Labute approximate surface area is 172 Å². The van der Waals surface area contributed by atoms with Gasteiger partial charge in [-0.05, 0) is 12.5 Å². The van der Waals surface area contributed by atoms with Gasteiger partial charge in [0.05, 0.1) is 6.33 Å². The molecule has 0 aliphatic carbocycles. The second kappa shape index (κ2) is 8.34. The molecule has 30 heavy (non-hydrogen) atoms. The van der Waals surface area contributed by atoms with Crippen LogP contribution in [0.25, 0.3) is 11.2 Å². The maximum atomic E-state index is 12.2. The van der Waals surface area contributed by atoms with Gasteiger partial charge in [0.25, 0.3) is 5.91 Å². The Morgan fingerprint density at radius 1 is 1.20 bits per heavy atom. The molecule has 4 rings (SSSR count). The number of aromatic nitrogens is 4. The highest BCUT2D eigenvalue weighted by Crippen LogP contribution is 2.32. The maximum absolute atomic E-state index is 12.2. The van der Waals surface area contributed by atoms with Crippen molar-refractivity contribution in [3.63, 3.8) is 0 Å². The highest BCUT2D eigenvalue weighted by atomic mass is 16.6. The van der Waals surface area contributed by atoms with E-state index < -0.39 is 30.4 Å². The van der Waals surface area contributed by atoms with Crippen LogP contribution in [0.15, 0.2) is 36.7 Å². The minimum atomic E-state index is -1.37. The van der Waals surface area contributed by atoms with Gasteiger partial charge >= 0.3 is 0 Å². The molecule has 2 aromatic heterocycles. The number of carbonyl (C=O) groups excluding carboxylic acids is 1. The Morgan fingerprint density at radius 2 is 1.97 bits per heavy atom. The van der Waals surface area contributed by atoms with E-state index in [9.17, 15) is 15.0 Å². The molecule has 1 saturated heterocycles. The van der Waals surface area contributed by atoms with Crippen molar-refractivity contribution in [2.45, 2.75) is 37.9 Å². The molecular formula is C20H24N6O4. The highest BCUT2D eigenvalue weighted by Gasteiger charge is 2.47. The SMILES string of the molecule is CCNC(=O)[C@H]1O[C@@H](n2cnc3c(NC)nc(Cc4ccccc4)nc32)[C@H](O)[C@@H]1O. The lowest BCUT2D eigenvalue weighted by Crippen LogP contribution is -2.42. The van der Waals surface area contributed by atoms with Gasteiger partial charge in [-0.15, -0.1) is 0 Å². The van der Waals surface area contributed by atoms with Crippen molar-refractivity contribution in [2.24, 2.45) is 0 Å². The van der Waals surface area contributed by atoms with E-state index in [1.165, 1.54) is 10.9 Å². The van der Waals surface area contributed by atoms with E-state index in [2.05, 4.69) is 25.6 Å². The first-order chi connectivity index (χ1) is 14.5. The monoisotopic (exact) mass is 412 g/mol. The van der Waals surface area contributed by atoms with Gasteiger partial charge in [0, 0.05) is 20.0 Å². The molecule has 158 valence electrons. The smallest absolute Gasteiger partial charge is 0.252 e. The predicted molar refractivity (Wildman–Crippen MR) is 109 cm³/mol. The van der Waals surface area contributed by atoms with Crippen LogP contribution >= 0.6 is 0 Å². The molecule has 0 unspecified atom stereocenters. The summed E-state index contributed by atoms with van der Waals surface area (Å²) in [6.45, 7) is 2.16. The van der Waals surface area contributed by atoms with Gasteiger partial charge in [0.2, 0.25) is 0 Å². The Kier molecular flexibility index (Phi) is 5.62. The first kappa shape index (κ1) is 20.2. The number of hydrogen-bond donors (Lipinski definition) is 4. The zero-order chi connectivity index (χ0) is 21.3. The third kappa shape index (κ3) is 3.60. The predicted octanol–water partition coefficient (Wildman–Crippen LogP) is 0.214. The third-order valence-electron chi connectivity index (χ3n) is 5.03. The number of aliphatic hydroxyl groups is 2. The Bertz CT molecular complexity index is 1040. The average molecular weight is 412 g/mol. The second-order valence-corrected chi connectivity index (χ2v) is 7.05. The summed E-state index contributed by atoms with van der Waals surface area (Å²) in [5.41, 5.74) is 1.99. The van der Waals surface area contributed by atoms with Crippen LogP contribution < -0.4 is 10.6 Å². The molecule has 4 atom stereocenters. The van der Waals surface area contributed by atoms with Gasteiger partial charge < -0.3 is 25.6 Å². The number of anilines is 1. The van der Waals surface area contributed by atoms with Crippen LogP contribution in [0.4, 0.5) is 5.82 Å². The fourth-order valence-electron chi connectivity index (χ4n) is 3.56. The summed E-state index contributed by atoms with van der Waals surface area (Å²) in [5, 5.41) is 26.5. The molecule has 1 aliphatic rings. The molecule has 1 amide bonds. The standard InChI is InChI=1S/C20H24N6O4/c1-3-22-19(29)16-14(27)15(28)20(30-16)26-10-23-13-17(21-2)24-12(25-18(13)26)9-11-7-5-4-6-8-11/h4-8,10,14-16,20,27-28H,3,9H2,1-2H3,(H,22,29)(H,21,24,25)/t14-,15+,16-,20+/m0/s1. The summed E-state index contributed by atoms with van der Waals surface area (Å²) in [4.78, 5) is 25.7. The van der Waals surface area contributed by atoms with Gasteiger partial charge in [-0.2, -0.15) is 0 Å². The number of nitrogens with zero attached hydrogens (tertiary/aromatic N) is 4. The zero-order valence-electron chi connectivity index (χ0n) is 16.7. The van der Waals surface area contributed by atoms with E-state index in [4.69, 9.17) is 4.74 Å². The molecule has 0 saturated carbocycles. The lowest BCUT2D eigenvalue weighted by molar-refractivity contribution is -0.137. The number of nitrogens with one attached hydrogen (secondary N) is 2. The van der Waals surface area contributed by atoms with Crippen molar-refractivity contribution in [3.8, 4) is 0 Å². The molecule has 10 nitrogen and oxygen atoms in total. The van der Waals surface area contributed by atoms with Crippen LogP contribution in [0.5, 0.6) is 0 Å². The number of amides is 1. The zero-order valence-corrected chi connectivity index (χ0v) is 16.7. The number of carbonyl (C=O) groups is 1. The molecular weight excluding hydrogens is 388 g/mol. The van der Waals surface area contributed by atoms with Crippen molar-refractivity contribution < 1.29 is 19.7 Å². The minimum Gasteiger partial charge on any atom is -0.387 e. The van der Waals surface area contributed by atoms with E-state index in [0.29, 0.717) is 35.8 Å². The molecule has 1 aromatic carbocycles. The van der Waals surface area contributed by atoms with Crippen LogP contribution in [0.3, 0.4) is 0 Å². The largest absolute Gasteiger partial charge is 0.387 e. The van der Waals surface area contributed by atoms with E-state index in [1.807, 2.05) is 30.3 Å². The summed E-state index contributed by atoms with van der Waals surface area (Å²) in [6.07, 6.45) is -2.91. The highest BCUT2D eigenvalue weighted by molar-refractivity contribution is 5.83. The average Bonchev–Trinajstić information content (AvgIpc) is 3.29. The van der Waals surface area contributed by atoms with E-state index in [-0.39, 0.29) is 0 Å². The summed E-state index contributed by atoms with van der Waals surface area (Å²) in [6, 6.07) is 9.81. The molecule has 1 aliphatic heterocycles. The Morgan fingerprint density at radius 3 is 2.67 bits per heavy atom. The number of rotatable bonds is 6. The molecule has 0 bridgehead atoms. The lowest BCUT2D eigenvalue weighted by atomic mass is 10.1. The van der Waals surface area contributed by atoms with Crippen LogP contribution in [0.2, 0.25) is 0 Å². The molecule has 10 heteroatoms. The molecule has 1 fully saturated rings. The fraction of sp³-hybridized carbons (Fsp3) is 0.400. The fourth-order valence-corrected chi connectivity index (χ4v) is 3.56. The lowest BCUT2D eigenvalue weighted by Gasteiger charge is -2.17. The number of imidazole rings is 1. The quantitative estimate of drug-likeness (QED) is 0.452. The van der Waals surface area contributed by atoms with Crippen LogP contribution in [0, 0.1) is 0 Å². The van der Waals surface area contributed by atoms with Crippen molar-refractivity contribution in [1.82, 2.24) is 24.8 Å². The van der Waals surface area contributed by atoms with Crippen molar-refractivity contribution in [2.75, 3.05) is 18.9 Å². The molecule has 0 spiro atoms. The van der Waals surface area contributed by atoms with Crippen LogP contribution in [-0.2, 0) is 16.0 Å². The second-order valence-electron chi connectivity index (χ2n) is 7.05. The van der Waals surface area contributed by atoms with Gasteiger partial charge in [0.1, 0.15) is 18.0 Å². The van der Waals surface area contributed by atoms with Crippen molar-refractivity contribution in [3.05, 3.63) is 48.0 Å². The van der Waals surface area contributed by atoms with Crippen LogP contribution in [-0.4, -0.2) is 67.5 Å². The normalized spacial score (nSPS) is 23.6. The Balaban J connectivity index is 1.71. The van der Waals surface area contributed by atoms with E-state index in [0.717, 1.165) is 5.56 Å². The minimum absolute atomic E-state index is 0.391. The first-order valence-electron chi connectivity index (χ1n) is 9.78. The van der Waals surface area contributed by atoms with Crippen LogP contribution in [0.1, 0.15) is 24.5 Å². The Hall–Kier alpha value is -3.08. The molecule has 3 aromatic rings. The summed E-state index contributed by atoms with van der Waals surface area (Å²) in [7, 11) is 1.74. The number of likely N-dealkylation sites (N-methyl/N-ethyl adjacent to an activating group) is 1. The maximum Gasteiger partial charge on any atom is 0.252 e. The van der Waals surface area contributed by atoms with Gasteiger partial charge in [0.15, 0.2) is 29.3 Å². The summed E-state index contributed by atoms with van der Waals surface area (Å²) < 4.78 is 7.24. The van der Waals surface area contributed by atoms with Crippen molar-refractivity contribution in [1.29, 1.82) is 0 Å². The van der Waals surface area contributed by atoms with E-state index in [1.54, 1.807) is 14.0 Å². The number of hydrogen-bond acceptors (Lipinski definition) is 8. The topological polar surface area (TPSA) is 134 Å². The summed E-state index contributed by atoms with van der Waals surface area (Å²) >= 11 is 0.